The molecule has 0 bridgehead atoms. The molecular weight excluding hydrogens is 300 g/mol. The SMILES string of the molecule is CNC(C)Cc1noc(-c2cc(C)c3ccccc3n2)n1.Cl. The molecule has 1 unspecified atom stereocenters. The molecule has 0 aliphatic rings. The highest BCUT2D eigenvalue weighted by Gasteiger charge is 2.13. The van der Waals surface area contributed by atoms with Gasteiger partial charge in [0.05, 0.1) is 5.52 Å². The van der Waals surface area contributed by atoms with Gasteiger partial charge in [0.2, 0.25) is 0 Å². The number of nitrogens with one attached hydrogen (secondary N) is 1. The van der Waals surface area contributed by atoms with Crippen molar-refractivity contribution in [1.29, 1.82) is 0 Å². The average Bonchev–Trinajstić information content (AvgIpc) is 2.95. The van der Waals surface area contributed by atoms with Crippen LogP contribution in [-0.4, -0.2) is 28.2 Å². The molecule has 1 aromatic carbocycles. The van der Waals surface area contributed by atoms with Crippen LogP contribution in [0.25, 0.3) is 22.5 Å². The third-order valence-corrected chi connectivity index (χ3v) is 3.59. The van der Waals surface area contributed by atoms with Crippen molar-refractivity contribution in [2.75, 3.05) is 7.05 Å². The van der Waals surface area contributed by atoms with Crippen LogP contribution in [0, 0.1) is 6.92 Å². The van der Waals surface area contributed by atoms with Gasteiger partial charge < -0.3 is 9.84 Å². The van der Waals surface area contributed by atoms with Crippen LogP contribution in [-0.2, 0) is 6.42 Å². The maximum atomic E-state index is 5.35. The van der Waals surface area contributed by atoms with Gasteiger partial charge in [0.1, 0.15) is 5.69 Å². The number of rotatable bonds is 4. The fourth-order valence-corrected chi connectivity index (χ4v) is 2.28. The van der Waals surface area contributed by atoms with E-state index in [1.165, 1.54) is 0 Å². The summed E-state index contributed by atoms with van der Waals surface area (Å²) in [5.41, 5.74) is 2.82. The van der Waals surface area contributed by atoms with Crippen molar-refractivity contribution < 1.29 is 4.52 Å². The minimum Gasteiger partial charge on any atom is -0.332 e. The molecule has 0 radical (unpaired) electrons. The standard InChI is InChI=1S/C16H18N4O.ClH/c1-10-8-14(18-13-7-5-4-6-12(10)13)16-19-15(20-21-16)9-11(2)17-3;/h4-8,11,17H,9H2,1-3H3;1H. The first kappa shape index (κ1) is 16.4. The summed E-state index contributed by atoms with van der Waals surface area (Å²) in [6.45, 7) is 4.14. The Labute approximate surface area is 135 Å². The Morgan fingerprint density at radius 3 is 2.77 bits per heavy atom. The molecule has 2 heterocycles. The number of para-hydroxylation sites is 1. The molecule has 1 atom stereocenters. The maximum Gasteiger partial charge on any atom is 0.276 e. The van der Waals surface area contributed by atoms with E-state index in [9.17, 15) is 0 Å². The molecule has 3 aromatic rings. The first-order valence-corrected chi connectivity index (χ1v) is 7.04. The number of hydrogen-bond donors (Lipinski definition) is 1. The maximum absolute atomic E-state index is 5.35. The summed E-state index contributed by atoms with van der Waals surface area (Å²) in [5, 5.41) is 8.33. The number of aryl methyl sites for hydroxylation is 1. The molecule has 0 amide bonds. The zero-order valence-electron chi connectivity index (χ0n) is 12.8. The summed E-state index contributed by atoms with van der Waals surface area (Å²) in [7, 11) is 1.92. The lowest BCUT2D eigenvalue weighted by atomic mass is 10.1. The van der Waals surface area contributed by atoms with E-state index in [-0.39, 0.29) is 12.4 Å². The summed E-state index contributed by atoms with van der Waals surface area (Å²) in [6.07, 6.45) is 0.729. The number of hydrogen-bond acceptors (Lipinski definition) is 5. The number of aromatic nitrogens is 3. The second-order valence-corrected chi connectivity index (χ2v) is 5.25. The van der Waals surface area contributed by atoms with Gasteiger partial charge >= 0.3 is 0 Å². The van der Waals surface area contributed by atoms with Crippen LogP contribution in [0.2, 0.25) is 0 Å². The predicted molar refractivity (Wildman–Crippen MR) is 89.2 cm³/mol. The number of fused-ring (bicyclic) bond motifs is 1. The highest BCUT2D eigenvalue weighted by molar-refractivity contribution is 5.85. The van der Waals surface area contributed by atoms with E-state index in [0.29, 0.717) is 17.8 Å². The molecule has 116 valence electrons. The van der Waals surface area contributed by atoms with E-state index in [0.717, 1.165) is 28.6 Å². The van der Waals surface area contributed by atoms with Crippen molar-refractivity contribution in [3.63, 3.8) is 0 Å². The van der Waals surface area contributed by atoms with Gasteiger partial charge in [-0.1, -0.05) is 23.4 Å². The molecule has 0 fully saturated rings. The van der Waals surface area contributed by atoms with Gasteiger partial charge in [-0.25, -0.2) is 4.98 Å². The minimum atomic E-state index is 0. The number of nitrogens with zero attached hydrogens (tertiary/aromatic N) is 3. The van der Waals surface area contributed by atoms with Crippen molar-refractivity contribution >= 4 is 23.3 Å². The Morgan fingerprint density at radius 2 is 2.00 bits per heavy atom. The van der Waals surface area contributed by atoms with Crippen molar-refractivity contribution in [1.82, 2.24) is 20.4 Å². The smallest absolute Gasteiger partial charge is 0.276 e. The number of likely N-dealkylation sites (N-methyl/N-ethyl adjacent to an activating group) is 1. The van der Waals surface area contributed by atoms with Crippen molar-refractivity contribution in [3.8, 4) is 11.6 Å². The summed E-state index contributed by atoms with van der Waals surface area (Å²) in [4.78, 5) is 9.04. The van der Waals surface area contributed by atoms with Crippen LogP contribution in [0.15, 0.2) is 34.9 Å². The zero-order valence-corrected chi connectivity index (χ0v) is 13.6. The Bertz CT molecular complexity index is 772. The highest BCUT2D eigenvalue weighted by atomic mass is 35.5. The normalized spacial score (nSPS) is 12.1. The number of halogens is 1. The van der Waals surface area contributed by atoms with Crippen molar-refractivity contribution in [3.05, 3.63) is 41.7 Å². The Balaban J connectivity index is 0.00000176. The molecule has 1 N–H and O–H groups in total. The third-order valence-electron chi connectivity index (χ3n) is 3.59. The van der Waals surface area contributed by atoms with Crippen molar-refractivity contribution in [2.45, 2.75) is 26.3 Å². The third kappa shape index (κ3) is 3.26. The van der Waals surface area contributed by atoms with Gasteiger partial charge in [0.15, 0.2) is 5.82 Å². The highest BCUT2D eigenvalue weighted by Crippen LogP contribution is 2.23. The first-order chi connectivity index (χ1) is 10.2. The molecule has 2 aromatic heterocycles. The van der Waals surface area contributed by atoms with E-state index in [4.69, 9.17) is 4.52 Å². The van der Waals surface area contributed by atoms with Gasteiger partial charge in [0, 0.05) is 17.8 Å². The lowest BCUT2D eigenvalue weighted by Crippen LogP contribution is -2.24. The van der Waals surface area contributed by atoms with Gasteiger partial charge in [-0.3, -0.25) is 0 Å². The summed E-state index contributed by atoms with van der Waals surface area (Å²) >= 11 is 0. The molecule has 0 saturated carbocycles. The summed E-state index contributed by atoms with van der Waals surface area (Å²) in [6, 6.07) is 10.3. The molecule has 6 heteroatoms. The average molecular weight is 319 g/mol. The van der Waals surface area contributed by atoms with E-state index in [1.807, 2.05) is 31.3 Å². The predicted octanol–water partition coefficient (Wildman–Crippen LogP) is 3.17. The molecule has 22 heavy (non-hydrogen) atoms. The van der Waals surface area contributed by atoms with E-state index in [1.54, 1.807) is 0 Å². The number of benzene rings is 1. The Morgan fingerprint density at radius 1 is 1.23 bits per heavy atom. The lowest BCUT2D eigenvalue weighted by molar-refractivity contribution is 0.417. The number of pyridine rings is 1. The zero-order chi connectivity index (χ0) is 14.8. The van der Waals surface area contributed by atoms with E-state index < -0.39 is 0 Å². The molecule has 5 nitrogen and oxygen atoms in total. The molecule has 0 spiro atoms. The molecule has 0 saturated heterocycles. The topological polar surface area (TPSA) is 63.8 Å². The van der Waals surface area contributed by atoms with Gasteiger partial charge in [-0.05, 0) is 38.6 Å². The van der Waals surface area contributed by atoms with E-state index >= 15 is 0 Å². The Hall–Kier alpha value is -1.98. The molecule has 3 rings (SSSR count). The second kappa shape index (κ2) is 6.85. The van der Waals surface area contributed by atoms with Crippen LogP contribution in [0.4, 0.5) is 0 Å². The van der Waals surface area contributed by atoms with Crippen LogP contribution in [0.3, 0.4) is 0 Å². The quantitative estimate of drug-likeness (QED) is 0.800. The van der Waals surface area contributed by atoms with Crippen LogP contribution >= 0.6 is 12.4 Å². The molecular formula is C16H19ClN4O. The fraction of sp³-hybridized carbons (Fsp3) is 0.312. The summed E-state index contributed by atoms with van der Waals surface area (Å²) < 4.78 is 5.35. The molecule has 0 aliphatic heterocycles. The minimum absolute atomic E-state index is 0. The van der Waals surface area contributed by atoms with Gasteiger partial charge in [-0.15, -0.1) is 12.4 Å². The van der Waals surface area contributed by atoms with Crippen LogP contribution in [0.5, 0.6) is 0 Å². The largest absolute Gasteiger partial charge is 0.332 e. The van der Waals surface area contributed by atoms with Crippen molar-refractivity contribution in [2.24, 2.45) is 0 Å². The fourth-order valence-electron chi connectivity index (χ4n) is 2.28. The summed E-state index contributed by atoms with van der Waals surface area (Å²) in [5.74, 6) is 1.17. The van der Waals surface area contributed by atoms with Gasteiger partial charge in [0.25, 0.3) is 5.89 Å². The lowest BCUT2D eigenvalue weighted by Gasteiger charge is -2.05. The van der Waals surface area contributed by atoms with Crippen LogP contribution < -0.4 is 5.32 Å². The van der Waals surface area contributed by atoms with E-state index in [2.05, 4.69) is 40.4 Å². The van der Waals surface area contributed by atoms with Gasteiger partial charge in [-0.2, -0.15) is 4.98 Å². The van der Waals surface area contributed by atoms with Crippen LogP contribution in [0.1, 0.15) is 18.3 Å². The second-order valence-electron chi connectivity index (χ2n) is 5.25. The molecule has 0 aliphatic carbocycles. The monoisotopic (exact) mass is 318 g/mol. The first-order valence-electron chi connectivity index (χ1n) is 7.04. The Kier molecular flexibility index (Phi) is 5.11.